The van der Waals surface area contributed by atoms with Crippen LogP contribution in [-0.2, 0) is 6.54 Å². The molecule has 1 N–H and O–H groups in total. The summed E-state index contributed by atoms with van der Waals surface area (Å²) in [5.41, 5.74) is 2.89. The number of benzene rings is 1. The molecule has 11 nitrogen and oxygen atoms in total. The summed E-state index contributed by atoms with van der Waals surface area (Å²) in [5, 5.41) is 22.1. The van der Waals surface area contributed by atoms with Crippen molar-refractivity contribution in [3.8, 4) is 22.9 Å². The van der Waals surface area contributed by atoms with E-state index in [1.165, 1.54) is 15.9 Å². The molecule has 4 aromatic heterocycles. The van der Waals surface area contributed by atoms with Crippen LogP contribution in [0.4, 0.5) is 5.82 Å². The van der Waals surface area contributed by atoms with Crippen LogP contribution in [0.1, 0.15) is 27.4 Å². The number of hydrogen-bond acceptors (Lipinski definition) is 10. The number of fused-ring (bicyclic) bond motifs is 2. The van der Waals surface area contributed by atoms with E-state index in [1.54, 1.807) is 42.8 Å². The lowest BCUT2D eigenvalue weighted by atomic mass is 10.0. The molecule has 13 heteroatoms. The number of aromatic nitrogens is 4. The second kappa shape index (κ2) is 11.8. The van der Waals surface area contributed by atoms with Crippen molar-refractivity contribution in [2.45, 2.75) is 20.4 Å². The molecular formula is C31H28ClN7O4S. The third kappa shape index (κ3) is 5.23. The van der Waals surface area contributed by atoms with E-state index in [2.05, 4.69) is 27.9 Å². The lowest BCUT2D eigenvalue weighted by Gasteiger charge is -2.34. The third-order valence-electron chi connectivity index (χ3n) is 7.85. The van der Waals surface area contributed by atoms with Crippen molar-refractivity contribution in [3.05, 3.63) is 73.9 Å². The Morgan fingerprint density at radius 3 is 2.64 bits per heavy atom. The zero-order valence-electron chi connectivity index (χ0n) is 24.3. The van der Waals surface area contributed by atoms with Gasteiger partial charge in [0.25, 0.3) is 5.56 Å². The molecule has 0 saturated carbocycles. The van der Waals surface area contributed by atoms with Gasteiger partial charge in [-0.3, -0.25) is 14.3 Å². The number of anilines is 1. The summed E-state index contributed by atoms with van der Waals surface area (Å²) in [4.78, 5) is 43.6. The first-order chi connectivity index (χ1) is 21.2. The number of likely N-dealkylation sites (N-methyl/N-ethyl adjacent to an activating group) is 1. The number of carboxylic acid groups (broad SMARTS) is 1. The standard InChI is InChI=1S/C31H28ClN7O4S/c1-17-26-25(22(15-33)29(35-17)38-10-8-37(3)9-11-38)30(40)39(18(2)36-26)12-13-43-24-5-4-19(32)14-21(24)20-6-7-34-27-23(31(41)42)16-44-28(20)27/h4-7,14,16H,8-13H2,1-3H3,(H,41,42). The molecule has 0 unspecified atom stereocenters. The minimum absolute atomic E-state index is 0.124. The molecule has 0 aliphatic carbocycles. The molecule has 5 heterocycles. The molecule has 5 aromatic rings. The Bertz CT molecular complexity index is 2040. The summed E-state index contributed by atoms with van der Waals surface area (Å²) < 4.78 is 8.44. The smallest absolute Gasteiger partial charge is 0.338 e. The monoisotopic (exact) mass is 629 g/mol. The van der Waals surface area contributed by atoms with Crippen LogP contribution >= 0.6 is 22.9 Å². The summed E-state index contributed by atoms with van der Waals surface area (Å²) in [7, 11) is 2.05. The number of carbonyl (C=O) groups is 1. The van der Waals surface area contributed by atoms with Crippen LogP contribution in [0.15, 0.2) is 40.6 Å². The minimum Gasteiger partial charge on any atom is -0.491 e. The SMILES string of the molecule is Cc1nc(N2CCN(C)CC2)c(C#N)c2c(=O)n(CCOc3ccc(Cl)cc3-c3ccnc4c(C(=O)O)csc34)c(C)nc12. The van der Waals surface area contributed by atoms with Gasteiger partial charge in [0, 0.05) is 53.9 Å². The van der Waals surface area contributed by atoms with E-state index in [-0.39, 0.29) is 35.2 Å². The second-order valence-corrected chi connectivity index (χ2v) is 11.9. The minimum atomic E-state index is -1.05. The molecule has 0 spiro atoms. The molecule has 44 heavy (non-hydrogen) atoms. The van der Waals surface area contributed by atoms with Gasteiger partial charge in [0.15, 0.2) is 0 Å². The Balaban J connectivity index is 1.34. The molecule has 224 valence electrons. The predicted molar refractivity (Wildman–Crippen MR) is 170 cm³/mol. The fraction of sp³-hybridized carbons (Fsp3) is 0.290. The first-order valence-corrected chi connectivity index (χ1v) is 15.2. The highest BCUT2D eigenvalue weighted by Gasteiger charge is 2.25. The van der Waals surface area contributed by atoms with Gasteiger partial charge in [0.2, 0.25) is 0 Å². The van der Waals surface area contributed by atoms with E-state index < -0.39 is 5.97 Å². The fourth-order valence-electron chi connectivity index (χ4n) is 5.53. The number of piperazine rings is 1. The molecule has 1 saturated heterocycles. The maximum absolute atomic E-state index is 13.9. The number of nitrogens with zero attached hydrogens (tertiary/aromatic N) is 7. The van der Waals surface area contributed by atoms with Crippen molar-refractivity contribution < 1.29 is 14.6 Å². The Morgan fingerprint density at radius 1 is 1.14 bits per heavy atom. The van der Waals surface area contributed by atoms with Crippen molar-refractivity contribution in [1.29, 1.82) is 5.26 Å². The fourth-order valence-corrected chi connectivity index (χ4v) is 6.73. The van der Waals surface area contributed by atoms with E-state index in [1.807, 2.05) is 6.92 Å². The van der Waals surface area contributed by atoms with E-state index in [0.29, 0.717) is 62.5 Å². The molecule has 0 amide bonds. The van der Waals surface area contributed by atoms with Crippen LogP contribution < -0.4 is 15.2 Å². The van der Waals surface area contributed by atoms with Gasteiger partial charge >= 0.3 is 5.97 Å². The van der Waals surface area contributed by atoms with Crippen LogP contribution in [-0.4, -0.2) is 75.3 Å². The highest BCUT2D eigenvalue weighted by Crippen LogP contribution is 2.39. The number of hydrogen-bond donors (Lipinski definition) is 1. The molecule has 1 aromatic carbocycles. The summed E-state index contributed by atoms with van der Waals surface area (Å²) in [6.07, 6.45) is 1.56. The Hall–Kier alpha value is -4.57. The van der Waals surface area contributed by atoms with Gasteiger partial charge in [0.05, 0.1) is 33.4 Å². The second-order valence-electron chi connectivity index (χ2n) is 10.6. The van der Waals surface area contributed by atoms with E-state index in [9.17, 15) is 20.0 Å². The number of nitriles is 1. The van der Waals surface area contributed by atoms with Crippen molar-refractivity contribution in [2.75, 3.05) is 44.7 Å². The zero-order valence-corrected chi connectivity index (χ0v) is 25.9. The van der Waals surface area contributed by atoms with Crippen molar-refractivity contribution in [2.24, 2.45) is 0 Å². The highest BCUT2D eigenvalue weighted by atomic mass is 35.5. The van der Waals surface area contributed by atoms with Crippen LogP contribution in [0, 0.1) is 25.2 Å². The Morgan fingerprint density at radius 2 is 1.91 bits per heavy atom. The number of thiophene rings is 1. The summed E-state index contributed by atoms with van der Waals surface area (Å²) >= 11 is 7.65. The first kappa shape index (κ1) is 29.5. The average molecular weight is 630 g/mol. The van der Waals surface area contributed by atoms with Crippen LogP contribution in [0.3, 0.4) is 0 Å². The van der Waals surface area contributed by atoms with Gasteiger partial charge in [0.1, 0.15) is 41.1 Å². The number of carboxylic acids is 1. The van der Waals surface area contributed by atoms with Crippen molar-refractivity contribution in [1.82, 2.24) is 24.4 Å². The van der Waals surface area contributed by atoms with Gasteiger partial charge in [-0.25, -0.2) is 14.8 Å². The number of ether oxygens (including phenoxy) is 1. The summed E-state index contributed by atoms with van der Waals surface area (Å²) in [6.45, 7) is 6.96. The largest absolute Gasteiger partial charge is 0.491 e. The van der Waals surface area contributed by atoms with E-state index in [0.717, 1.165) is 18.7 Å². The molecule has 1 aliphatic heterocycles. The first-order valence-electron chi connectivity index (χ1n) is 14.0. The van der Waals surface area contributed by atoms with Crippen LogP contribution in [0.2, 0.25) is 5.02 Å². The Kier molecular flexibility index (Phi) is 7.94. The van der Waals surface area contributed by atoms with Crippen molar-refractivity contribution >= 4 is 55.8 Å². The van der Waals surface area contributed by atoms with Gasteiger partial charge in [-0.15, -0.1) is 11.3 Å². The lowest BCUT2D eigenvalue weighted by Crippen LogP contribution is -2.45. The van der Waals surface area contributed by atoms with E-state index >= 15 is 0 Å². The zero-order chi connectivity index (χ0) is 31.1. The Labute approximate surface area is 261 Å². The lowest BCUT2D eigenvalue weighted by molar-refractivity contribution is 0.0699. The van der Waals surface area contributed by atoms with Gasteiger partial charge in [-0.1, -0.05) is 11.6 Å². The van der Waals surface area contributed by atoms with Crippen LogP contribution in [0.5, 0.6) is 5.75 Å². The molecule has 1 aliphatic rings. The third-order valence-corrected chi connectivity index (χ3v) is 9.09. The maximum atomic E-state index is 13.9. The topological polar surface area (TPSA) is 137 Å². The molecular weight excluding hydrogens is 602 g/mol. The number of pyridine rings is 2. The van der Waals surface area contributed by atoms with E-state index in [4.69, 9.17) is 26.3 Å². The van der Waals surface area contributed by atoms with Crippen LogP contribution in [0.25, 0.3) is 32.2 Å². The maximum Gasteiger partial charge on any atom is 0.338 e. The van der Waals surface area contributed by atoms with Gasteiger partial charge in [-0.2, -0.15) is 5.26 Å². The number of halogens is 1. The normalized spacial score (nSPS) is 13.8. The highest BCUT2D eigenvalue weighted by molar-refractivity contribution is 7.18. The molecule has 1 fully saturated rings. The average Bonchev–Trinajstić information content (AvgIpc) is 3.45. The number of aromatic carboxylic acids is 1. The van der Waals surface area contributed by atoms with Gasteiger partial charge < -0.3 is 19.6 Å². The molecule has 0 bridgehead atoms. The molecule has 0 radical (unpaired) electrons. The molecule has 0 atom stereocenters. The number of rotatable bonds is 7. The molecule has 6 rings (SSSR count). The number of aryl methyl sites for hydroxylation is 2. The van der Waals surface area contributed by atoms with Crippen molar-refractivity contribution in [3.63, 3.8) is 0 Å². The summed E-state index contributed by atoms with van der Waals surface area (Å²) in [6, 6.07) is 9.25. The predicted octanol–water partition coefficient (Wildman–Crippen LogP) is 4.74. The quantitative estimate of drug-likeness (QED) is 0.269. The van der Waals surface area contributed by atoms with Gasteiger partial charge in [-0.05, 0) is 45.2 Å². The summed E-state index contributed by atoms with van der Waals surface area (Å²) in [5.74, 6) is 0.473.